The van der Waals surface area contributed by atoms with E-state index in [0.717, 1.165) is 0 Å². The largest absolute Gasteiger partial charge is 0.497 e. The van der Waals surface area contributed by atoms with Crippen LogP contribution in [0, 0.1) is 10.1 Å². The summed E-state index contributed by atoms with van der Waals surface area (Å²) in [5.74, 6) is 2.47. The Morgan fingerprint density at radius 3 is 2.89 bits per heavy atom. The third-order valence-electron chi connectivity index (χ3n) is 4.16. The van der Waals surface area contributed by atoms with E-state index in [1.165, 1.54) is 37.6 Å². The summed E-state index contributed by atoms with van der Waals surface area (Å²) in [6.45, 7) is 3.64. The van der Waals surface area contributed by atoms with Crippen molar-refractivity contribution in [2.45, 2.75) is 31.6 Å². The summed E-state index contributed by atoms with van der Waals surface area (Å²) in [5.41, 5.74) is -0.545. The number of aliphatic hydroxyl groups is 1. The molecule has 146 valence electrons. The number of aliphatic hydroxyl groups excluding tert-OH is 1. The highest BCUT2D eigenvalue weighted by Gasteiger charge is 2.43. The number of hydrogen-bond donors (Lipinski definition) is 2. The summed E-state index contributed by atoms with van der Waals surface area (Å²) >= 11 is 0. The van der Waals surface area contributed by atoms with Crippen LogP contribution in [0.25, 0.3) is 0 Å². The highest BCUT2D eigenvalue weighted by Crippen LogP contribution is 2.41. The minimum absolute atomic E-state index is 0.0894. The molecule has 2 atom stereocenters. The number of non-ortho nitro benzene ring substituents is 1. The van der Waals surface area contributed by atoms with E-state index in [1.54, 1.807) is 19.8 Å². The lowest BCUT2D eigenvalue weighted by Crippen LogP contribution is -2.51. The zero-order valence-electron chi connectivity index (χ0n) is 15.3. The summed E-state index contributed by atoms with van der Waals surface area (Å²) in [6, 6.07) is 3.58. The van der Waals surface area contributed by atoms with Gasteiger partial charge in [-0.1, -0.05) is 0 Å². The fraction of sp³-hybridized carbons (Fsp3) is 0.444. The van der Waals surface area contributed by atoms with E-state index in [1.807, 2.05) is 0 Å². The summed E-state index contributed by atoms with van der Waals surface area (Å²) in [6.07, 6.45) is 1.73. The first kappa shape index (κ1) is 20.4. The van der Waals surface area contributed by atoms with Gasteiger partial charge < -0.3 is 24.6 Å². The fourth-order valence-corrected chi connectivity index (χ4v) is 2.68. The lowest BCUT2D eigenvalue weighted by atomic mass is 9.86. The van der Waals surface area contributed by atoms with E-state index in [9.17, 15) is 20.0 Å². The molecular weight excluding hydrogens is 356 g/mol. The second kappa shape index (κ2) is 8.68. The lowest BCUT2D eigenvalue weighted by Gasteiger charge is -2.42. The Morgan fingerprint density at radius 1 is 1.52 bits per heavy atom. The number of fused-ring (bicyclic) bond motifs is 1. The molecule has 1 aliphatic rings. The van der Waals surface area contributed by atoms with E-state index in [4.69, 9.17) is 14.2 Å². The van der Waals surface area contributed by atoms with Gasteiger partial charge in [-0.15, -0.1) is 0 Å². The highest BCUT2D eigenvalue weighted by atomic mass is 16.6. The average molecular weight is 378 g/mol. The Bertz CT molecular complexity index is 769. The second-order valence-electron chi connectivity index (χ2n) is 6.43. The molecular formula is C18H22N2O7. The Kier molecular flexibility index (Phi) is 6.57. The summed E-state index contributed by atoms with van der Waals surface area (Å²) in [4.78, 5) is 20.7. The first-order chi connectivity index (χ1) is 12.8. The molecule has 0 unspecified atom stereocenters. The Morgan fingerprint density at radius 2 is 2.26 bits per heavy atom. The van der Waals surface area contributed by atoms with Crippen LogP contribution in [-0.4, -0.2) is 48.0 Å². The molecule has 0 amide bonds. The maximum Gasteiger partial charge on any atom is 0.270 e. The number of nitro benzene ring substituents is 1. The van der Waals surface area contributed by atoms with Crippen LogP contribution in [0.4, 0.5) is 5.69 Å². The summed E-state index contributed by atoms with van der Waals surface area (Å²) in [5, 5.41) is 24.8. The van der Waals surface area contributed by atoms with Crippen molar-refractivity contribution in [2.75, 3.05) is 20.3 Å². The number of nitro groups is 1. The van der Waals surface area contributed by atoms with Crippen molar-refractivity contribution in [1.82, 2.24) is 5.32 Å². The van der Waals surface area contributed by atoms with Gasteiger partial charge in [-0.25, -0.2) is 4.79 Å². The number of carbonyl (C=O) groups excluding carboxylic acids is 1. The van der Waals surface area contributed by atoms with Crippen molar-refractivity contribution in [3.05, 3.63) is 51.9 Å². The number of nitrogens with zero attached hydrogens (tertiary/aromatic N) is 1. The Hall–Kier alpha value is -2.87. The minimum Gasteiger partial charge on any atom is -0.497 e. The van der Waals surface area contributed by atoms with Gasteiger partial charge in [0.05, 0.1) is 24.7 Å². The zero-order chi connectivity index (χ0) is 20.0. The fourth-order valence-electron chi connectivity index (χ4n) is 2.68. The number of ether oxygens (including phenoxy) is 3. The van der Waals surface area contributed by atoms with Crippen LogP contribution in [-0.2, 0) is 14.3 Å². The Balaban J connectivity index is 2.28. The molecule has 2 rings (SSSR count). The molecule has 1 aliphatic heterocycles. The molecule has 0 aliphatic carbocycles. The maximum absolute atomic E-state index is 11.1. The summed E-state index contributed by atoms with van der Waals surface area (Å²) < 4.78 is 16.2. The molecule has 0 bridgehead atoms. The van der Waals surface area contributed by atoms with Crippen LogP contribution in [0.5, 0.6) is 5.75 Å². The van der Waals surface area contributed by atoms with E-state index in [0.29, 0.717) is 17.1 Å². The average Bonchev–Trinajstić information content (AvgIpc) is 2.63. The predicted molar refractivity (Wildman–Crippen MR) is 95.9 cm³/mol. The number of methoxy groups -OCH3 is 1. The topological polar surface area (TPSA) is 120 Å². The normalized spacial score (nSPS) is 20.7. The third-order valence-corrected chi connectivity index (χ3v) is 4.16. The standard InChI is InChI=1S/C18H22N2O7/c1-18(2)17(22)16(19-10-13(25-3)11-26-8-4-7-21)14-9-12(20(23)24)5-6-15(14)27-18/h4-6,9-10,16-17,19,22H,8,11H2,1-3H3/b13-10+/t16-,17+/m0/s1. The number of rotatable bonds is 8. The molecule has 9 heteroatoms. The van der Waals surface area contributed by atoms with Gasteiger partial charge in [0.2, 0.25) is 0 Å². The van der Waals surface area contributed by atoms with Gasteiger partial charge in [0.1, 0.15) is 35.8 Å². The van der Waals surface area contributed by atoms with Gasteiger partial charge in [-0.05, 0) is 19.9 Å². The van der Waals surface area contributed by atoms with E-state index in [2.05, 4.69) is 5.32 Å². The maximum atomic E-state index is 11.1. The molecule has 0 radical (unpaired) electrons. The first-order valence-corrected chi connectivity index (χ1v) is 8.21. The number of hydrogen-bond acceptors (Lipinski definition) is 8. The highest BCUT2D eigenvalue weighted by molar-refractivity contribution is 5.48. The van der Waals surface area contributed by atoms with Crippen LogP contribution < -0.4 is 10.1 Å². The smallest absolute Gasteiger partial charge is 0.270 e. The van der Waals surface area contributed by atoms with Gasteiger partial charge in [0.25, 0.3) is 5.69 Å². The van der Waals surface area contributed by atoms with Crippen molar-refractivity contribution in [3.63, 3.8) is 0 Å². The molecule has 1 heterocycles. The van der Waals surface area contributed by atoms with Crippen molar-refractivity contribution in [1.29, 1.82) is 0 Å². The number of nitrogens with one attached hydrogen (secondary N) is 1. The first-order valence-electron chi connectivity index (χ1n) is 8.21. The van der Waals surface area contributed by atoms with Crippen molar-refractivity contribution in [3.8, 4) is 5.75 Å². The molecule has 9 nitrogen and oxygen atoms in total. The van der Waals surface area contributed by atoms with Crippen LogP contribution in [0.3, 0.4) is 0 Å². The van der Waals surface area contributed by atoms with Gasteiger partial charge in [0, 0.05) is 30.0 Å². The van der Waals surface area contributed by atoms with Gasteiger partial charge in [-0.3, -0.25) is 10.1 Å². The van der Waals surface area contributed by atoms with Gasteiger partial charge in [0.15, 0.2) is 0 Å². The SMILES string of the molecule is CO/C(=C/N[C@H]1c2cc([N+](=O)[O-])ccc2OC(C)(C)[C@@H]1O)COCC=C=O. The molecule has 0 fully saturated rings. The second-order valence-corrected chi connectivity index (χ2v) is 6.43. The molecule has 0 spiro atoms. The van der Waals surface area contributed by atoms with Crippen molar-refractivity contribution >= 4 is 11.6 Å². The van der Waals surface area contributed by atoms with Crippen LogP contribution in [0.15, 0.2) is 36.2 Å². The monoisotopic (exact) mass is 378 g/mol. The van der Waals surface area contributed by atoms with Crippen LogP contribution in [0.1, 0.15) is 25.5 Å². The van der Waals surface area contributed by atoms with Gasteiger partial charge >= 0.3 is 0 Å². The minimum atomic E-state index is -0.986. The predicted octanol–water partition coefficient (Wildman–Crippen LogP) is 1.65. The van der Waals surface area contributed by atoms with E-state index < -0.39 is 22.7 Å². The molecule has 2 N–H and O–H groups in total. The molecule has 0 saturated carbocycles. The van der Waals surface area contributed by atoms with E-state index in [-0.39, 0.29) is 18.9 Å². The quantitative estimate of drug-likeness (QED) is 0.230. The van der Waals surface area contributed by atoms with Gasteiger partial charge in [-0.2, -0.15) is 0 Å². The molecule has 1 aromatic rings. The molecule has 0 aromatic heterocycles. The van der Waals surface area contributed by atoms with E-state index >= 15 is 0 Å². The third kappa shape index (κ3) is 4.85. The Labute approximate surface area is 156 Å². The molecule has 0 saturated heterocycles. The number of benzene rings is 1. The van der Waals surface area contributed by atoms with Crippen molar-refractivity contribution < 1.29 is 29.0 Å². The summed E-state index contributed by atoms with van der Waals surface area (Å²) in [7, 11) is 1.45. The van der Waals surface area contributed by atoms with Crippen LogP contribution in [0.2, 0.25) is 0 Å². The van der Waals surface area contributed by atoms with Crippen LogP contribution >= 0.6 is 0 Å². The molecule has 1 aromatic carbocycles. The lowest BCUT2D eigenvalue weighted by molar-refractivity contribution is -0.385. The zero-order valence-corrected chi connectivity index (χ0v) is 15.3. The molecule has 27 heavy (non-hydrogen) atoms. The van der Waals surface area contributed by atoms with Crippen molar-refractivity contribution in [2.24, 2.45) is 0 Å².